The maximum absolute atomic E-state index is 5.47. The molecule has 2 rings (SSSR count). The van der Waals surface area contributed by atoms with Gasteiger partial charge in [-0.3, -0.25) is 0 Å². The maximum Gasteiger partial charge on any atom is 0.221 e. The lowest BCUT2D eigenvalue weighted by Gasteiger charge is -2.19. The molecule has 5 heteroatoms. The third-order valence-corrected chi connectivity index (χ3v) is 3.47. The second-order valence-corrected chi connectivity index (χ2v) is 5.19. The SMILES string of the molecule is CCOc1ncnc(N2CCC(Br)C2)c1C. The van der Waals surface area contributed by atoms with Crippen molar-refractivity contribution in [2.75, 3.05) is 24.6 Å². The monoisotopic (exact) mass is 285 g/mol. The second-order valence-electron chi connectivity index (χ2n) is 3.89. The van der Waals surface area contributed by atoms with E-state index in [1.54, 1.807) is 6.33 Å². The van der Waals surface area contributed by atoms with Crippen LogP contribution in [0.5, 0.6) is 5.88 Å². The van der Waals surface area contributed by atoms with Crippen molar-refractivity contribution in [3.8, 4) is 5.88 Å². The summed E-state index contributed by atoms with van der Waals surface area (Å²) in [6.45, 7) is 6.66. The fourth-order valence-electron chi connectivity index (χ4n) is 1.94. The van der Waals surface area contributed by atoms with Crippen LogP contribution in [0.3, 0.4) is 0 Å². The molecule has 0 aliphatic carbocycles. The van der Waals surface area contributed by atoms with E-state index in [4.69, 9.17) is 4.74 Å². The van der Waals surface area contributed by atoms with Gasteiger partial charge in [-0.05, 0) is 20.3 Å². The summed E-state index contributed by atoms with van der Waals surface area (Å²) >= 11 is 3.63. The van der Waals surface area contributed by atoms with E-state index >= 15 is 0 Å². The van der Waals surface area contributed by atoms with Gasteiger partial charge in [-0.1, -0.05) is 15.9 Å². The zero-order valence-corrected chi connectivity index (χ0v) is 11.2. The molecule has 1 aromatic rings. The molecule has 1 aliphatic heterocycles. The minimum absolute atomic E-state index is 0.567. The highest BCUT2D eigenvalue weighted by molar-refractivity contribution is 9.09. The van der Waals surface area contributed by atoms with E-state index in [0.717, 1.165) is 30.9 Å². The smallest absolute Gasteiger partial charge is 0.221 e. The number of alkyl halides is 1. The van der Waals surface area contributed by atoms with Crippen molar-refractivity contribution < 1.29 is 4.74 Å². The Morgan fingerprint density at radius 3 is 3.00 bits per heavy atom. The fourth-order valence-corrected chi connectivity index (χ4v) is 2.49. The summed E-state index contributed by atoms with van der Waals surface area (Å²) in [5.41, 5.74) is 1.03. The molecule has 1 unspecified atom stereocenters. The van der Waals surface area contributed by atoms with Crippen molar-refractivity contribution in [3.05, 3.63) is 11.9 Å². The van der Waals surface area contributed by atoms with Gasteiger partial charge in [0.05, 0.1) is 12.2 Å². The number of rotatable bonds is 3. The zero-order chi connectivity index (χ0) is 11.5. The van der Waals surface area contributed by atoms with E-state index in [1.807, 2.05) is 13.8 Å². The summed E-state index contributed by atoms with van der Waals surface area (Å²) in [5, 5.41) is 0. The van der Waals surface area contributed by atoms with Gasteiger partial charge in [0, 0.05) is 17.9 Å². The van der Waals surface area contributed by atoms with Crippen LogP contribution in [0.25, 0.3) is 0 Å². The summed E-state index contributed by atoms with van der Waals surface area (Å²) in [5.74, 6) is 1.70. The minimum Gasteiger partial charge on any atom is -0.478 e. The number of ether oxygens (including phenoxy) is 1. The summed E-state index contributed by atoms with van der Waals surface area (Å²) in [6, 6.07) is 0. The van der Waals surface area contributed by atoms with E-state index in [2.05, 4.69) is 30.8 Å². The summed E-state index contributed by atoms with van der Waals surface area (Å²) in [6.07, 6.45) is 2.74. The van der Waals surface area contributed by atoms with Gasteiger partial charge in [0.25, 0.3) is 0 Å². The molecule has 0 aromatic carbocycles. The predicted molar refractivity (Wildman–Crippen MR) is 67.5 cm³/mol. The van der Waals surface area contributed by atoms with Crippen LogP contribution < -0.4 is 9.64 Å². The number of hydrogen-bond donors (Lipinski definition) is 0. The zero-order valence-electron chi connectivity index (χ0n) is 9.61. The summed E-state index contributed by atoms with van der Waals surface area (Å²) < 4.78 is 5.47. The van der Waals surface area contributed by atoms with Crippen LogP contribution in [0, 0.1) is 6.92 Å². The Balaban J connectivity index is 2.23. The normalized spacial score (nSPS) is 20.2. The van der Waals surface area contributed by atoms with Crippen molar-refractivity contribution >= 4 is 21.7 Å². The highest BCUT2D eigenvalue weighted by Gasteiger charge is 2.23. The van der Waals surface area contributed by atoms with Gasteiger partial charge in [0.1, 0.15) is 12.1 Å². The van der Waals surface area contributed by atoms with Crippen LogP contribution in [-0.2, 0) is 0 Å². The minimum atomic E-state index is 0.567. The Labute approximate surface area is 104 Å². The van der Waals surface area contributed by atoms with Crippen molar-refractivity contribution in [1.29, 1.82) is 0 Å². The average molecular weight is 286 g/mol. The first-order valence-corrected chi connectivity index (χ1v) is 6.47. The third kappa shape index (κ3) is 2.29. The van der Waals surface area contributed by atoms with Crippen molar-refractivity contribution in [2.45, 2.75) is 25.1 Å². The molecule has 88 valence electrons. The molecule has 1 aliphatic rings. The first kappa shape index (κ1) is 11.6. The molecule has 0 amide bonds. The predicted octanol–water partition coefficient (Wildman–Crippen LogP) is 2.16. The quantitative estimate of drug-likeness (QED) is 0.798. The number of halogens is 1. The van der Waals surface area contributed by atoms with E-state index in [-0.39, 0.29) is 0 Å². The largest absolute Gasteiger partial charge is 0.478 e. The third-order valence-electron chi connectivity index (χ3n) is 2.72. The lowest BCUT2D eigenvalue weighted by molar-refractivity contribution is 0.323. The van der Waals surface area contributed by atoms with Crippen molar-refractivity contribution in [3.63, 3.8) is 0 Å². The van der Waals surface area contributed by atoms with E-state index in [0.29, 0.717) is 17.3 Å². The van der Waals surface area contributed by atoms with Crippen LogP contribution in [-0.4, -0.2) is 34.5 Å². The van der Waals surface area contributed by atoms with E-state index < -0.39 is 0 Å². The van der Waals surface area contributed by atoms with Gasteiger partial charge >= 0.3 is 0 Å². The number of hydrogen-bond acceptors (Lipinski definition) is 4. The van der Waals surface area contributed by atoms with Gasteiger partial charge in [-0.15, -0.1) is 0 Å². The average Bonchev–Trinajstić information content (AvgIpc) is 2.68. The highest BCUT2D eigenvalue weighted by Crippen LogP contribution is 2.28. The molecule has 0 N–H and O–H groups in total. The van der Waals surface area contributed by atoms with E-state index in [9.17, 15) is 0 Å². The molecular formula is C11H16BrN3O. The van der Waals surface area contributed by atoms with Crippen LogP contribution >= 0.6 is 15.9 Å². The summed E-state index contributed by atoms with van der Waals surface area (Å²) in [7, 11) is 0. The van der Waals surface area contributed by atoms with Gasteiger partial charge < -0.3 is 9.64 Å². The molecule has 0 spiro atoms. The molecule has 2 heterocycles. The molecule has 0 saturated carbocycles. The molecular weight excluding hydrogens is 270 g/mol. The topological polar surface area (TPSA) is 38.3 Å². The Hall–Kier alpha value is -0.840. The van der Waals surface area contributed by atoms with Crippen LogP contribution in [0.4, 0.5) is 5.82 Å². The molecule has 0 radical (unpaired) electrons. The molecule has 16 heavy (non-hydrogen) atoms. The Bertz CT molecular complexity index is 372. The molecule has 1 saturated heterocycles. The Morgan fingerprint density at radius 2 is 2.38 bits per heavy atom. The molecule has 0 bridgehead atoms. The standard InChI is InChI=1S/C11H16BrN3O/c1-3-16-11-8(2)10(13-7-14-11)15-5-4-9(12)6-15/h7,9H,3-6H2,1-2H3. The number of aromatic nitrogens is 2. The van der Waals surface area contributed by atoms with Crippen molar-refractivity contribution in [1.82, 2.24) is 9.97 Å². The molecule has 1 fully saturated rings. The van der Waals surface area contributed by atoms with Gasteiger partial charge in [-0.25, -0.2) is 9.97 Å². The van der Waals surface area contributed by atoms with Crippen LogP contribution in [0.15, 0.2) is 6.33 Å². The number of anilines is 1. The molecule has 4 nitrogen and oxygen atoms in total. The highest BCUT2D eigenvalue weighted by atomic mass is 79.9. The Morgan fingerprint density at radius 1 is 1.56 bits per heavy atom. The number of nitrogens with zero attached hydrogens (tertiary/aromatic N) is 3. The molecule has 1 aromatic heterocycles. The fraction of sp³-hybridized carbons (Fsp3) is 0.636. The van der Waals surface area contributed by atoms with Crippen LogP contribution in [0.1, 0.15) is 18.9 Å². The first-order chi connectivity index (χ1) is 7.72. The first-order valence-electron chi connectivity index (χ1n) is 5.55. The molecule has 1 atom stereocenters. The summed E-state index contributed by atoms with van der Waals surface area (Å²) in [4.78, 5) is 11.3. The van der Waals surface area contributed by atoms with Gasteiger partial charge in [0.2, 0.25) is 5.88 Å². The van der Waals surface area contributed by atoms with Gasteiger partial charge in [0.15, 0.2) is 0 Å². The maximum atomic E-state index is 5.47. The lowest BCUT2D eigenvalue weighted by atomic mass is 10.3. The van der Waals surface area contributed by atoms with Crippen molar-refractivity contribution in [2.24, 2.45) is 0 Å². The lowest BCUT2D eigenvalue weighted by Crippen LogP contribution is -2.22. The Kier molecular flexibility index (Phi) is 3.63. The second kappa shape index (κ2) is 4.99. The van der Waals surface area contributed by atoms with E-state index in [1.165, 1.54) is 0 Å². The van der Waals surface area contributed by atoms with Crippen LogP contribution in [0.2, 0.25) is 0 Å². The van der Waals surface area contributed by atoms with Gasteiger partial charge in [-0.2, -0.15) is 0 Å².